The van der Waals surface area contributed by atoms with Gasteiger partial charge in [-0.3, -0.25) is 0 Å². The van der Waals surface area contributed by atoms with Crippen LogP contribution in [0.25, 0.3) is 0 Å². The monoisotopic (exact) mass is 350 g/mol. The number of alkyl halides is 2. The summed E-state index contributed by atoms with van der Waals surface area (Å²) in [6, 6.07) is 0. The molecule has 4 fully saturated rings. The Kier molecular flexibility index (Phi) is 1.65. The SMILES string of the molecule is C[Si](C)(C)OC1C2C3C2C3C2C1C2(Br)Br. The van der Waals surface area contributed by atoms with Gasteiger partial charge in [0.05, 0.1) is 9.34 Å². The lowest BCUT2D eigenvalue weighted by Gasteiger charge is -2.33. The van der Waals surface area contributed by atoms with E-state index in [4.69, 9.17) is 4.43 Å². The largest absolute Gasteiger partial charge is 0.414 e. The molecule has 4 heteroatoms. The van der Waals surface area contributed by atoms with Gasteiger partial charge in [0, 0.05) is 5.92 Å². The van der Waals surface area contributed by atoms with Crippen LogP contribution < -0.4 is 0 Å². The molecule has 1 nitrogen and oxygen atoms in total. The summed E-state index contributed by atoms with van der Waals surface area (Å²) in [5.41, 5.74) is 0. The minimum Gasteiger partial charge on any atom is -0.414 e. The molecule has 0 N–H and O–H groups in total. The van der Waals surface area contributed by atoms with Crippen LogP contribution in [0.3, 0.4) is 0 Å². The Balaban J connectivity index is 1.60. The lowest BCUT2D eigenvalue weighted by atomic mass is 9.86. The van der Waals surface area contributed by atoms with Crippen LogP contribution in [0, 0.1) is 35.5 Å². The summed E-state index contributed by atoms with van der Waals surface area (Å²) in [6.45, 7) is 6.94. The Bertz CT molecular complexity index is 341. The highest BCUT2D eigenvalue weighted by Crippen LogP contribution is 2.91. The van der Waals surface area contributed by atoms with Crippen LogP contribution in [0.15, 0.2) is 0 Å². The molecule has 0 aromatic heterocycles. The van der Waals surface area contributed by atoms with E-state index in [1.165, 1.54) is 0 Å². The van der Waals surface area contributed by atoms with E-state index in [2.05, 4.69) is 51.5 Å². The first-order valence-electron chi connectivity index (χ1n) is 5.90. The van der Waals surface area contributed by atoms with Crippen LogP contribution in [0.2, 0.25) is 19.6 Å². The Morgan fingerprint density at radius 1 is 0.933 bits per heavy atom. The van der Waals surface area contributed by atoms with E-state index in [0.717, 1.165) is 35.5 Å². The first-order chi connectivity index (χ1) is 6.84. The summed E-state index contributed by atoms with van der Waals surface area (Å²) in [5.74, 6) is 5.75. The van der Waals surface area contributed by atoms with Gasteiger partial charge < -0.3 is 4.43 Å². The molecular formula is C11H16Br2OSi. The quantitative estimate of drug-likeness (QED) is 0.547. The van der Waals surface area contributed by atoms with Crippen molar-refractivity contribution in [3.8, 4) is 0 Å². The van der Waals surface area contributed by atoms with Crippen molar-refractivity contribution < 1.29 is 4.43 Å². The molecule has 4 saturated carbocycles. The van der Waals surface area contributed by atoms with Gasteiger partial charge in [-0.1, -0.05) is 31.9 Å². The molecule has 0 saturated heterocycles. The lowest BCUT2D eigenvalue weighted by Crippen LogP contribution is -2.40. The summed E-state index contributed by atoms with van der Waals surface area (Å²) in [6.07, 6.45) is 0.570. The van der Waals surface area contributed by atoms with Gasteiger partial charge in [-0.25, -0.2) is 0 Å². The number of hydrogen-bond acceptors (Lipinski definition) is 1. The van der Waals surface area contributed by atoms with Crippen molar-refractivity contribution in [2.45, 2.75) is 29.0 Å². The van der Waals surface area contributed by atoms with Crippen molar-refractivity contribution >= 4 is 40.2 Å². The molecule has 15 heavy (non-hydrogen) atoms. The average molecular weight is 352 g/mol. The van der Waals surface area contributed by atoms with Crippen molar-refractivity contribution in [2.75, 3.05) is 0 Å². The smallest absolute Gasteiger partial charge is 0.184 e. The minimum absolute atomic E-state index is 0.243. The first-order valence-corrected chi connectivity index (χ1v) is 10.9. The van der Waals surface area contributed by atoms with Gasteiger partial charge in [-0.15, -0.1) is 0 Å². The predicted octanol–water partition coefficient (Wildman–Crippen LogP) is 3.44. The third kappa shape index (κ3) is 1.13. The fraction of sp³-hybridized carbons (Fsp3) is 1.00. The Hall–Kier alpha value is 1.14. The van der Waals surface area contributed by atoms with E-state index in [-0.39, 0.29) is 3.23 Å². The molecule has 0 aromatic rings. The van der Waals surface area contributed by atoms with Crippen LogP contribution in [-0.2, 0) is 4.43 Å². The molecule has 5 unspecified atom stereocenters. The van der Waals surface area contributed by atoms with Crippen LogP contribution in [0.4, 0.5) is 0 Å². The highest BCUT2D eigenvalue weighted by molar-refractivity contribution is 9.25. The lowest BCUT2D eigenvalue weighted by molar-refractivity contribution is 0.0754. The molecule has 84 valence electrons. The van der Waals surface area contributed by atoms with E-state index in [0.29, 0.717) is 6.10 Å². The fourth-order valence-corrected chi connectivity index (χ4v) is 7.27. The van der Waals surface area contributed by atoms with Crippen molar-refractivity contribution in [3.63, 3.8) is 0 Å². The third-order valence-corrected chi connectivity index (χ3v) is 7.84. The summed E-state index contributed by atoms with van der Waals surface area (Å²) in [7, 11) is -1.37. The van der Waals surface area contributed by atoms with Crippen molar-refractivity contribution in [2.24, 2.45) is 35.5 Å². The summed E-state index contributed by atoms with van der Waals surface area (Å²) < 4.78 is 6.66. The fourth-order valence-electron chi connectivity index (χ4n) is 4.15. The van der Waals surface area contributed by atoms with E-state index in [1.54, 1.807) is 0 Å². The van der Waals surface area contributed by atoms with Crippen molar-refractivity contribution in [1.29, 1.82) is 0 Å². The van der Waals surface area contributed by atoms with Gasteiger partial charge >= 0.3 is 0 Å². The molecule has 5 atom stereocenters. The van der Waals surface area contributed by atoms with Gasteiger partial charge in [-0.05, 0) is 49.2 Å². The van der Waals surface area contributed by atoms with Crippen LogP contribution in [0.1, 0.15) is 0 Å². The van der Waals surface area contributed by atoms with Gasteiger partial charge in [0.2, 0.25) is 0 Å². The molecule has 4 aliphatic carbocycles. The number of halogens is 2. The molecule has 0 heterocycles. The normalized spacial score (nSPS) is 61.8. The Morgan fingerprint density at radius 3 is 2.07 bits per heavy atom. The standard InChI is InChI=1S/C11H16Br2OSi/c1-15(2,3)14-10-7-4-5(7)6(4)8-9(10)11(8,12)13/h4-10H,1-3H3. The van der Waals surface area contributed by atoms with Crippen LogP contribution in [0.5, 0.6) is 0 Å². The third-order valence-electron chi connectivity index (χ3n) is 4.74. The highest BCUT2D eigenvalue weighted by Gasteiger charge is 2.91. The predicted molar refractivity (Wildman–Crippen MR) is 69.7 cm³/mol. The molecular weight excluding hydrogens is 336 g/mol. The second-order valence-electron chi connectivity index (χ2n) is 6.73. The maximum atomic E-state index is 6.42. The summed E-state index contributed by atoms with van der Waals surface area (Å²) >= 11 is 7.72. The molecule has 4 aliphatic rings. The maximum Gasteiger partial charge on any atom is 0.184 e. The highest BCUT2D eigenvalue weighted by atomic mass is 79.9. The van der Waals surface area contributed by atoms with Crippen LogP contribution >= 0.6 is 31.9 Å². The molecule has 0 radical (unpaired) electrons. The second-order valence-corrected chi connectivity index (χ2v) is 14.9. The van der Waals surface area contributed by atoms with Crippen molar-refractivity contribution in [1.82, 2.24) is 0 Å². The average Bonchev–Trinajstić information content (AvgIpc) is 2.86. The number of rotatable bonds is 2. The second kappa shape index (κ2) is 2.45. The zero-order valence-electron chi connectivity index (χ0n) is 9.21. The summed E-state index contributed by atoms with van der Waals surface area (Å²) in [4.78, 5) is 0. The number of fused-ring (bicyclic) bond motifs is 4. The first kappa shape index (κ1) is 10.1. The van der Waals surface area contributed by atoms with Gasteiger partial charge in [0.15, 0.2) is 8.32 Å². The van der Waals surface area contributed by atoms with E-state index >= 15 is 0 Å². The Morgan fingerprint density at radius 2 is 1.53 bits per heavy atom. The topological polar surface area (TPSA) is 9.23 Å². The zero-order chi connectivity index (χ0) is 10.7. The molecule has 0 aromatic carbocycles. The number of hydrogen-bond donors (Lipinski definition) is 0. The van der Waals surface area contributed by atoms with Crippen LogP contribution in [-0.4, -0.2) is 17.7 Å². The molecule has 0 bridgehead atoms. The van der Waals surface area contributed by atoms with Gasteiger partial charge in [0.1, 0.15) is 0 Å². The molecule has 0 spiro atoms. The maximum absolute atomic E-state index is 6.42. The summed E-state index contributed by atoms with van der Waals surface area (Å²) in [5, 5.41) is 0. The van der Waals surface area contributed by atoms with E-state index in [9.17, 15) is 0 Å². The minimum atomic E-state index is -1.37. The van der Waals surface area contributed by atoms with Gasteiger partial charge in [-0.2, -0.15) is 0 Å². The van der Waals surface area contributed by atoms with Crippen molar-refractivity contribution in [3.05, 3.63) is 0 Å². The molecule has 0 amide bonds. The molecule has 0 aliphatic heterocycles. The Labute approximate surface area is 109 Å². The van der Waals surface area contributed by atoms with E-state index in [1.807, 2.05) is 0 Å². The van der Waals surface area contributed by atoms with E-state index < -0.39 is 8.32 Å². The van der Waals surface area contributed by atoms with Gasteiger partial charge in [0.25, 0.3) is 0 Å². The zero-order valence-corrected chi connectivity index (χ0v) is 13.4. The molecule has 4 rings (SSSR count).